The minimum atomic E-state index is 0.424. The number of rotatable bonds is 4. The molecule has 1 heterocycles. The van der Waals surface area contributed by atoms with Crippen molar-refractivity contribution in [2.45, 2.75) is 38.3 Å². The highest BCUT2D eigenvalue weighted by atomic mass is 16.5. The largest absolute Gasteiger partial charge is 0.378 e. The molecule has 0 bridgehead atoms. The van der Waals surface area contributed by atoms with E-state index in [1.54, 1.807) is 0 Å². The molecule has 0 spiro atoms. The van der Waals surface area contributed by atoms with Gasteiger partial charge in [-0.3, -0.25) is 0 Å². The maximum absolute atomic E-state index is 5.55. The van der Waals surface area contributed by atoms with E-state index in [4.69, 9.17) is 4.74 Å². The van der Waals surface area contributed by atoms with Crippen LogP contribution < -0.4 is 5.32 Å². The van der Waals surface area contributed by atoms with Crippen molar-refractivity contribution < 1.29 is 4.74 Å². The van der Waals surface area contributed by atoms with Crippen LogP contribution in [0.15, 0.2) is 12.2 Å². The minimum absolute atomic E-state index is 0.424. The lowest BCUT2D eigenvalue weighted by atomic mass is 10.0. The van der Waals surface area contributed by atoms with Crippen molar-refractivity contribution in [2.24, 2.45) is 0 Å². The zero-order chi connectivity index (χ0) is 8.97. The van der Waals surface area contributed by atoms with E-state index in [0.29, 0.717) is 12.1 Å². The van der Waals surface area contributed by atoms with E-state index in [1.807, 2.05) is 7.05 Å². The summed E-state index contributed by atoms with van der Waals surface area (Å²) in [4.78, 5) is 0. The second-order valence-corrected chi connectivity index (χ2v) is 3.56. The van der Waals surface area contributed by atoms with Crippen LogP contribution in [0.3, 0.4) is 0 Å². The van der Waals surface area contributed by atoms with Crippen molar-refractivity contribution in [3.63, 3.8) is 0 Å². The van der Waals surface area contributed by atoms with E-state index in [0.717, 1.165) is 13.0 Å². The molecule has 0 saturated carbocycles. The second kappa shape index (κ2) is 4.63. The molecule has 1 aliphatic rings. The predicted molar refractivity (Wildman–Crippen MR) is 51.3 cm³/mol. The molecule has 2 unspecified atom stereocenters. The highest BCUT2D eigenvalue weighted by Gasteiger charge is 2.19. The number of likely N-dealkylation sites (N-methyl/N-ethyl adjacent to an activating group) is 1. The molecule has 1 rings (SSSR count). The molecule has 0 aromatic rings. The van der Waals surface area contributed by atoms with Gasteiger partial charge < -0.3 is 10.1 Å². The maximum Gasteiger partial charge on any atom is 0.0594 e. The molecule has 2 atom stereocenters. The van der Waals surface area contributed by atoms with Gasteiger partial charge in [0.1, 0.15) is 0 Å². The van der Waals surface area contributed by atoms with Crippen LogP contribution in [-0.4, -0.2) is 25.8 Å². The number of hydrogen-bond acceptors (Lipinski definition) is 2. The van der Waals surface area contributed by atoms with Gasteiger partial charge >= 0.3 is 0 Å². The molecule has 0 aromatic heterocycles. The lowest BCUT2D eigenvalue weighted by Gasteiger charge is -2.19. The van der Waals surface area contributed by atoms with Crippen molar-refractivity contribution in [1.29, 1.82) is 0 Å². The Balaban J connectivity index is 2.30. The van der Waals surface area contributed by atoms with E-state index in [1.165, 1.54) is 18.4 Å². The summed E-state index contributed by atoms with van der Waals surface area (Å²) < 4.78 is 5.55. The van der Waals surface area contributed by atoms with Crippen LogP contribution in [-0.2, 0) is 4.74 Å². The molecule has 12 heavy (non-hydrogen) atoms. The minimum Gasteiger partial charge on any atom is -0.378 e. The van der Waals surface area contributed by atoms with Crippen LogP contribution >= 0.6 is 0 Å². The summed E-state index contributed by atoms with van der Waals surface area (Å²) in [5.41, 5.74) is 1.20. The number of nitrogens with one attached hydrogen (secondary N) is 1. The third-order valence-electron chi connectivity index (χ3n) is 2.47. The Morgan fingerprint density at radius 1 is 1.75 bits per heavy atom. The highest BCUT2D eigenvalue weighted by molar-refractivity contribution is 5.01. The summed E-state index contributed by atoms with van der Waals surface area (Å²) in [6, 6.07) is 0.424. The molecular formula is C10H19NO. The van der Waals surface area contributed by atoms with Crippen LogP contribution in [0.1, 0.15) is 26.2 Å². The lowest BCUT2D eigenvalue weighted by molar-refractivity contribution is 0.0985. The normalized spacial score (nSPS) is 25.7. The van der Waals surface area contributed by atoms with Crippen molar-refractivity contribution in [2.75, 3.05) is 13.7 Å². The average Bonchev–Trinajstić information content (AvgIpc) is 2.51. The Bertz CT molecular complexity index is 150. The van der Waals surface area contributed by atoms with Crippen LogP contribution in [0, 0.1) is 0 Å². The quantitative estimate of drug-likeness (QED) is 0.647. The van der Waals surface area contributed by atoms with Gasteiger partial charge in [0.05, 0.1) is 6.10 Å². The SMILES string of the molecule is C=C(C)C(CC1CCCO1)NC. The molecule has 0 amide bonds. The van der Waals surface area contributed by atoms with Crippen LogP contribution in [0.25, 0.3) is 0 Å². The first kappa shape index (κ1) is 9.75. The van der Waals surface area contributed by atoms with Gasteiger partial charge in [0.25, 0.3) is 0 Å². The standard InChI is InChI=1S/C10H19NO/c1-8(2)10(11-3)7-9-5-4-6-12-9/h9-11H,1,4-7H2,2-3H3. The van der Waals surface area contributed by atoms with Gasteiger partial charge in [0, 0.05) is 12.6 Å². The fraction of sp³-hybridized carbons (Fsp3) is 0.800. The molecule has 1 fully saturated rings. The Morgan fingerprint density at radius 3 is 2.92 bits per heavy atom. The molecule has 1 N–H and O–H groups in total. The van der Waals surface area contributed by atoms with Crippen LogP contribution in [0.2, 0.25) is 0 Å². The topological polar surface area (TPSA) is 21.3 Å². The van der Waals surface area contributed by atoms with Crippen molar-refractivity contribution in [3.05, 3.63) is 12.2 Å². The monoisotopic (exact) mass is 169 g/mol. The van der Waals surface area contributed by atoms with Crippen molar-refractivity contribution in [1.82, 2.24) is 5.32 Å². The van der Waals surface area contributed by atoms with Crippen LogP contribution in [0.4, 0.5) is 0 Å². The predicted octanol–water partition coefficient (Wildman–Crippen LogP) is 1.72. The van der Waals surface area contributed by atoms with Crippen LogP contribution in [0.5, 0.6) is 0 Å². The molecule has 0 radical (unpaired) electrons. The highest BCUT2D eigenvalue weighted by Crippen LogP contribution is 2.18. The molecule has 1 saturated heterocycles. The molecule has 70 valence electrons. The van der Waals surface area contributed by atoms with E-state index in [9.17, 15) is 0 Å². The molecule has 0 aliphatic carbocycles. The van der Waals surface area contributed by atoms with Gasteiger partial charge in [0.15, 0.2) is 0 Å². The van der Waals surface area contributed by atoms with Crippen molar-refractivity contribution >= 4 is 0 Å². The summed E-state index contributed by atoms with van der Waals surface area (Å²) in [7, 11) is 1.98. The third kappa shape index (κ3) is 2.61. The molecular weight excluding hydrogens is 150 g/mol. The van der Waals surface area contributed by atoms with E-state index < -0.39 is 0 Å². The van der Waals surface area contributed by atoms with Gasteiger partial charge in [-0.25, -0.2) is 0 Å². The summed E-state index contributed by atoms with van der Waals surface area (Å²) in [6.45, 7) is 6.96. The Kier molecular flexibility index (Phi) is 3.76. The fourth-order valence-corrected chi connectivity index (χ4v) is 1.66. The third-order valence-corrected chi connectivity index (χ3v) is 2.47. The van der Waals surface area contributed by atoms with Gasteiger partial charge in [-0.05, 0) is 33.2 Å². The first-order chi connectivity index (χ1) is 5.74. The molecule has 2 nitrogen and oxygen atoms in total. The maximum atomic E-state index is 5.55. The summed E-state index contributed by atoms with van der Waals surface area (Å²) in [5, 5.41) is 3.25. The van der Waals surface area contributed by atoms with Gasteiger partial charge in [-0.15, -0.1) is 0 Å². The zero-order valence-electron chi connectivity index (χ0n) is 8.10. The van der Waals surface area contributed by atoms with Gasteiger partial charge in [0.2, 0.25) is 0 Å². The summed E-state index contributed by atoms with van der Waals surface area (Å²) >= 11 is 0. The smallest absolute Gasteiger partial charge is 0.0594 e. The number of hydrogen-bond donors (Lipinski definition) is 1. The van der Waals surface area contributed by atoms with Gasteiger partial charge in [-0.1, -0.05) is 12.2 Å². The van der Waals surface area contributed by atoms with Gasteiger partial charge in [-0.2, -0.15) is 0 Å². The first-order valence-electron chi connectivity index (χ1n) is 4.68. The van der Waals surface area contributed by atoms with E-state index in [-0.39, 0.29) is 0 Å². The fourth-order valence-electron chi connectivity index (χ4n) is 1.66. The molecule has 0 aromatic carbocycles. The van der Waals surface area contributed by atoms with E-state index >= 15 is 0 Å². The Hall–Kier alpha value is -0.340. The van der Waals surface area contributed by atoms with Crippen molar-refractivity contribution in [3.8, 4) is 0 Å². The second-order valence-electron chi connectivity index (χ2n) is 3.56. The molecule has 2 heteroatoms. The first-order valence-corrected chi connectivity index (χ1v) is 4.68. The lowest BCUT2D eigenvalue weighted by Crippen LogP contribution is -2.30. The Morgan fingerprint density at radius 2 is 2.50 bits per heavy atom. The number of ether oxygens (including phenoxy) is 1. The average molecular weight is 169 g/mol. The molecule has 1 aliphatic heterocycles. The summed E-state index contributed by atoms with van der Waals surface area (Å²) in [6.07, 6.45) is 3.97. The van der Waals surface area contributed by atoms with E-state index in [2.05, 4.69) is 18.8 Å². The summed E-state index contributed by atoms with van der Waals surface area (Å²) in [5.74, 6) is 0. The Labute approximate surface area is 75.0 Å². The zero-order valence-corrected chi connectivity index (χ0v) is 8.10.